The molecule has 2 amide bonds. The highest BCUT2D eigenvalue weighted by Gasteiger charge is 2.18. The minimum Gasteiger partial charge on any atom is -0.480 e. The molecule has 1 aromatic carbocycles. The summed E-state index contributed by atoms with van der Waals surface area (Å²) < 4.78 is 0. The topological polar surface area (TPSA) is 78.4 Å². The smallest absolute Gasteiger partial charge is 0.326 e. The Morgan fingerprint density at radius 2 is 2.05 bits per heavy atom. The van der Waals surface area contributed by atoms with Crippen LogP contribution in [0.5, 0.6) is 0 Å². The molecule has 0 bridgehead atoms. The molecule has 0 aliphatic rings. The van der Waals surface area contributed by atoms with Crippen LogP contribution in [0.15, 0.2) is 36.4 Å². The summed E-state index contributed by atoms with van der Waals surface area (Å²) in [7, 11) is 0. The van der Waals surface area contributed by atoms with Gasteiger partial charge in [0.25, 0.3) is 0 Å². The first-order valence-corrected chi connectivity index (χ1v) is 8.00. The Bertz CT molecular complexity index is 477. The summed E-state index contributed by atoms with van der Waals surface area (Å²) in [6, 6.07) is 8.39. The van der Waals surface area contributed by atoms with Crippen molar-refractivity contribution in [3.8, 4) is 0 Å². The van der Waals surface area contributed by atoms with Crippen molar-refractivity contribution >= 4 is 29.8 Å². The Balaban J connectivity index is 2.32. The number of carbonyl (C=O) groups is 2. The van der Waals surface area contributed by atoms with Crippen LogP contribution in [0.3, 0.4) is 0 Å². The first-order chi connectivity index (χ1) is 10.1. The molecule has 5 nitrogen and oxygen atoms in total. The van der Waals surface area contributed by atoms with E-state index in [0.717, 1.165) is 5.56 Å². The highest BCUT2D eigenvalue weighted by molar-refractivity contribution is 7.98. The predicted molar refractivity (Wildman–Crippen MR) is 86.4 cm³/mol. The molecule has 0 aliphatic carbocycles. The molecule has 114 valence electrons. The Morgan fingerprint density at radius 3 is 2.67 bits per heavy atom. The van der Waals surface area contributed by atoms with Crippen molar-refractivity contribution in [1.82, 2.24) is 10.6 Å². The van der Waals surface area contributed by atoms with E-state index < -0.39 is 18.0 Å². The second-order valence-electron chi connectivity index (χ2n) is 4.34. The van der Waals surface area contributed by atoms with E-state index in [1.54, 1.807) is 11.8 Å². The Kier molecular flexibility index (Phi) is 8.04. The van der Waals surface area contributed by atoms with Gasteiger partial charge < -0.3 is 15.7 Å². The number of rotatable bonds is 8. The minimum absolute atomic E-state index is 0.343. The number of benzene rings is 1. The summed E-state index contributed by atoms with van der Waals surface area (Å²) in [4.78, 5) is 22.6. The van der Waals surface area contributed by atoms with Gasteiger partial charge in [-0.05, 0) is 24.0 Å². The minimum atomic E-state index is -1.01. The van der Waals surface area contributed by atoms with Crippen LogP contribution in [0.4, 0.5) is 4.79 Å². The van der Waals surface area contributed by atoms with Crippen molar-refractivity contribution in [2.75, 3.05) is 18.6 Å². The van der Waals surface area contributed by atoms with Gasteiger partial charge in [0.2, 0.25) is 0 Å². The molecule has 0 heterocycles. The number of aliphatic carboxylic acids is 1. The molecule has 3 N–H and O–H groups in total. The molecule has 0 radical (unpaired) electrons. The summed E-state index contributed by atoms with van der Waals surface area (Å²) in [6.07, 6.45) is 6.01. The molecule has 1 unspecified atom stereocenters. The Morgan fingerprint density at radius 1 is 1.33 bits per heavy atom. The lowest BCUT2D eigenvalue weighted by Gasteiger charge is -2.13. The summed E-state index contributed by atoms with van der Waals surface area (Å²) in [5.74, 6) is -0.329. The Hall–Kier alpha value is -1.95. The van der Waals surface area contributed by atoms with Crippen LogP contribution < -0.4 is 10.6 Å². The van der Waals surface area contributed by atoms with Crippen LogP contribution in [0, 0.1) is 0 Å². The fourth-order valence-corrected chi connectivity index (χ4v) is 2.08. The molecule has 1 rings (SSSR count). The molecule has 0 fully saturated rings. The number of carboxylic acid groups (broad SMARTS) is 1. The number of hydrogen-bond acceptors (Lipinski definition) is 3. The first kappa shape index (κ1) is 17.1. The predicted octanol–water partition coefficient (Wildman–Crippen LogP) is 2.21. The van der Waals surface area contributed by atoms with Crippen LogP contribution in [0.25, 0.3) is 6.08 Å². The first-order valence-electron chi connectivity index (χ1n) is 6.61. The van der Waals surface area contributed by atoms with Gasteiger partial charge in [-0.25, -0.2) is 9.59 Å². The van der Waals surface area contributed by atoms with E-state index >= 15 is 0 Å². The molecular formula is C15H20N2O3S. The molecule has 0 aliphatic heterocycles. The van der Waals surface area contributed by atoms with Gasteiger partial charge in [-0.3, -0.25) is 0 Å². The summed E-state index contributed by atoms with van der Waals surface area (Å²) in [6.45, 7) is 0.343. The number of hydrogen-bond donors (Lipinski definition) is 3. The molecule has 1 atom stereocenters. The summed E-state index contributed by atoms with van der Waals surface area (Å²) in [5.41, 5.74) is 1.04. The average Bonchev–Trinajstić information content (AvgIpc) is 2.48. The quantitative estimate of drug-likeness (QED) is 0.688. The number of thioether (sulfide) groups is 1. The highest BCUT2D eigenvalue weighted by atomic mass is 32.2. The molecule has 21 heavy (non-hydrogen) atoms. The van der Waals surface area contributed by atoms with Crippen molar-refractivity contribution in [2.45, 2.75) is 12.5 Å². The second-order valence-corrected chi connectivity index (χ2v) is 5.33. The van der Waals surface area contributed by atoms with Gasteiger partial charge in [0.1, 0.15) is 6.04 Å². The monoisotopic (exact) mass is 308 g/mol. The van der Waals surface area contributed by atoms with Crippen LogP contribution in [-0.4, -0.2) is 41.7 Å². The standard InChI is InChI=1S/C15H20N2O3S/c1-21-11-9-13(14(18)19)17-15(20)16-10-5-8-12-6-3-2-4-7-12/h2-8,13H,9-11H2,1H3,(H,18,19)(H2,16,17,20)/b8-5+. The van der Waals surface area contributed by atoms with Gasteiger partial charge in [0, 0.05) is 6.54 Å². The number of nitrogens with one attached hydrogen (secondary N) is 2. The summed E-state index contributed by atoms with van der Waals surface area (Å²) >= 11 is 1.55. The van der Waals surface area contributed by atoms with Gasteiger partial charge >= 0.3 is 12.0 Å². The molecule has 0 spiro atoms. The maximum Gasteiger partial charge on any atom is 0.326 e. The normalized spacial score (nSPS) is 12.0. The van der Waals surface area contributed by atoms with Crippen LogP contribution >= 0.6 is 11.8 Å². The average molecular weight is 308 g/mol. The Labute approximate surface area is 128 Å². The number of carboxylic acids is 1. The fourth-order valence-electron chi connectivity index (χ4n) is 1.61. The number of urea groups is 1. The lowest BCUT2D eigenvalue weighted by Crippen LogP contribution is -2.46. The fraction of sp³-hybridized carbons (Fsp3) is 0.333. The van der Waals surface area contributed by atoms with Gasteiger partial charge in [-0.2, -0.15) is 11.8 Å². The van der Waals surface area contributed by atoms with Crippen molar-refractivity contribution in [3.63, 3.8) is 0 Å². The maximum atomic E-state index is 11.6. The van der Waals surface area contributed by atoms with E-state index in [1.807, 2.05) is 48.7 Å². The van der Waals surface area contributed by atoms with Crippen molar-refractivity contribution in [1.29, 1.82) is 0 Å². The van der Waals surface area contributed by atoms with E-state index in [0.29, 0.717) is 18.7 Å². The van der Waals surface area contributed by atoms with E-state index in [4.69, 9.17) is 5.11 Å². The molecular weight excluding hydrogens is 288 g/mol. The number of carbonyl (C=O) groups excluding carboxylic acids is 1. The van der Waals surface area contributed by atoms with Gasteiger partial charge in [0.05, 0.1) is 0 Å². The third kappa shape index (κ3) is 7.41. The zero-order valence-electron chi connectivity index (χ0n) is 11.9. The molecule has 0 aromatic heterocycles. The van der Waals surface area contributed by atoms with Gasteiger partial charge in [-0.1, -0.05) is 42.5 Å². The van der Waals surface area contributed by atoms with Crippen molar-refractivity contribution in [3.05, 3.63) is 42.0 Å². The summed E-state index contributed by atoms with van der Waals surface area (Å²) in [5, 5.41) is 14.1. The van der Waals surface area contributed by atoms with E-state index in [1.165, 1.54) is 0 Å². The lowest BCUT2D eigenvalue weighted by atomic mass is 10.2. The zero-order chi connectivity index (χ0) is 15.5. The molecule has 1 aromatic rings. The third-order valence-electron chi connectivity index (χ3n) is 2.70. The van der Waals surface area contributed by atoms with E-state index in [2.05, 4.69) is 10.6 Å². The van der Waals surface area contributed by atoms with E-state index in [9.17, 15) is 9.59 Å². The molecule has 0 saturated heterocycles. The third-order valence-corrected chi connectivity index (χ3v) is 3.35. The van der Waals surface area contributed by atoms with Crippen molar-refractivity contribution < 1.29 is 14.7 Å². The SMILES string of the molecule is CSCCC(NC(=O)NC/C=C/c1ccccc1)C(=O)O. The van der Waals surface area contributed by atoms with Crippen LogP contribution in [0.1, 0.15) is 12.0 Å². The van der Waals surface area contributed by atoms with Gasteiger partial charge in [-0.15, -0.1) is 0 Å². The molecule has 0 saturated carbocycles. The van der Waals surface area contributed by atoms with Gasteiger partial charge in [0.15, 0.2) is 0 Å². The molecule has 6 heteroatoms. The second kappa shape index (κ2) is 9.88. The largest absolute Gasteiger partial charge is 0.480 e. The van der Waals surface area contributed by atoms with E-state index in [-0.39, 0.29) is 0 Å². The zero-order valence-corrected chi connectivity index (χ0v) is 12.7. The van der Waals surface area contributed by atoms with Crippen molar-refractivity contribution in [2.24, 2.45) is 0 Å². The van der Waals surface area contributed by atoms with Crippen LogP contribution in [0.2, 0.25) is 0 Å². The number of amides is 2. The van der Waals surface area contributed by atoms with Crippen LogP contribution in [-0.2, 0) is 4.79 Å². The lowest BCUT2D eigenvalue weighted by molar-refractivity contribution is -0.139. The maximum absolute atomic E-state index is 11.6. The highest BCUT2D eigenvalue weighted by Crippen LogP contribution is 2.01.